The smallest absolute Gasteiger partial charge is 0.325 e. The summed E-state index contributed by atoms with van der Waals surface area (Å²) in [5, 5.41) is 2.62. The van der Waals surface area contributed by atoms with Crippen LogP contribution in [0.1, 0.15) is 33.4 Å². The molecule has 0 saturated carbocycles. The molecule has 0 bridgehead atoms. The summed E-state index contributed by atoms with van der Waals surface area (Å²) in [6.45, 7) is -0.260. The van der Waals surface area contributed by atoms with E-state index in [1.54, 1.807) is 49.5 Å². The Labute approximate surface area is 174 Å². The van der Waals surface area contributed by atoms with Crippen molar-refractivity contribution in [2.75, 3.05) is 34.9 Å². The lowest BCUT2D eigenvalue weighted by molar-refractivity contribution is -0.141. The van der Waals surface area contributed by atoms with Crippen molar-refractivity contribution >= 4 is 17.8 Å². The van der Waals surface area contributed by atoms with E-state index in [-0.39, 0.29) is 18.4 Å². The molecule has 1 N–H and O–H groups in total. The van der Waals surface area contributed by atoms with E-state index in [1.807, 2.05) is 0 Å². The highest BCUT2D eigenvalue weighted by atomic mass is 16.5. The third kappa shape index (κ3) is 3.80. The molecule has 8 heteroatoms. The number of methoxy groups -OCH3 is 3. The summed E-state index contributed by atoms with van der Waals surface area (Å²) >= 11 is 0. The van der Waals surface area contributed by atoms with E-state index < -0.39 is 17.9 Å². The Balaban J connectivity index is 2.10. The molecule has 0 aliphatic carbocycles. The summed E-state index contributed by atoms with van der Waals surface area (Å²) in [6, 6.07) is 11.7. The van der Waals surface area contributed by atoms with E-state index in [0.29, 0.717) is 28.2 Å². The summed E-state index contributed by atoms with van der Waals surface area (Å²) in [5.41, 5.74) is 1.76. The number of fused-ring (bicyclic) bond motifs is 1. The maximum absolute atomic E-state index is 13.2. The van der Waals surface area contributed by atoms with Gasteiger partial charge in [-0.1, -0.05) is 24.3 Å². The summed E-state index contributed by atoms with van der Waals surface area (Å²) < 4.78 is 15.3. The van der Waals surface area contributed by atoms with Gasteiger partial charge >= 0.3 is 5.97 Å². The zero-order valence-electron chi connectivity index (χ0n) is 17.3. The minimum atomic E-state index is -0.730. The number of carbonyl (C=O) groups excluding carboxylic acids is 3. The highest BCUT2D eigenvalue weighted by Crippen LogP contribution is 2.43. The normalized spacial score (nSPS) is 17.7. The number of likely N-dealkylation sites (N-methyl/N-ethyl adjacent to an activating group) is 1. The molecule has 0 unspecified atom stereocenters. The standard InChI is InChI=1S/C22H24N2O6/c1-24-20(13-9-10-16(28-2)17(11-13)29-3)19(21(26)23-12-18(25)30-4)14-7-5-6-8-15(14)22(24)27/h5-11,19-20H,12H2,1-4H3,(H,23,26)/t19-,20+/m0/s1. The summed E-state index contributed by atoms with van der Waals surface area (Å²) in [4.78, 5) is 39.3. The first-order valence-corrected chi connectivity index (χ1v) is 9.35. The van der Waals surface area contributed by atoms with Crippen LogP contribution >= 0.6 is 0 Å². The fraction of sp³-hybridized carbons (Fsp3) is 0.318. The predicted octanol–water partition coefficient (Wildman–Crippen LogP) is 1.90. The second kappa shape index (κ2) is 8.86. The molecule has 2 atom stereocenters. The van der Waals surface area contributed by atoms with Crippen molar-refractivity contribution in [2.45, 2.75) is 12.0 Å². The van der Waals surface area contributed by atoms with Crippen LogP contribution < -0.4 is 14.8 Å². The van der Waals surface area contributed by atoms with Crippen molar-refractivity contribution in [3.63, 3.8) is 0 Å². The monoisotopic (exact) mass is 412 g/mol. The van der Waals surface area contributed by atoms with Crippen molar-refractivity contribution < 1.29 is 28.6 Å². The van der Waals surface area contributed by atoms with Gasteiger partial charge in [0.15, 0.2) is 11.5 Å². The molecule has 2 aromatic rings. The molecule has 2 aromatic carbocycles. The Morgan fingerprint density at radius 3 is 2.40 bits per heavy atom. The van der Waals surface area contributed by atoms with Gasteiger partial charge in [0.1, 0.15) is 6.54 Å². The lowest BCUT2D eigenvalue weighted by Crippen LogP contribution is -2.46. The van der Waals surface area contributed by atoms with E-state index in [9.17, 15) is 14.4 Å². The van der Waals surface area contributed by atoms with Gasteiger partial charge in [-0.25, -0.2) is 0 Å². The molecule has 0 radical (unpaired) electrons. The van der Waals surface area contributed by atoms with Crippen molar-refractivity contribution in [1.29, 1.82) is 0 Å². The van der Waals surface area contributed by atoms with Gasteiger partial charge in [-0.15, -0.1) is 0 Å². The largest absolute Gasteiger partial charge is 0.493 e. The van der Waals surface area contributed by atoms with Gasteiger partial charge < -0.3 is 24.4 Å². The molecule has 158 valence electrons. The van der Waals surface area contributed by atoms with E-state index >= 15 is 0 Å². The van der Waals surface area contributed by atoms with Gasteiger partial charge in [0, 0.05) is 12.6 Å². The molecule has 0 spiro atoms. The quantitative estimate of drug-likeness (QED) is 0.729. The number of rotatable bonds is 6. The molecule has 30 heavy (non-hydrogen) atoms. The highest BCUT2D eigenvalue weighted by Gasteiger charge is 2.42. The number of nitrogens with zero attached hydrogens (tertiary/aromatic N) is 1. The predicted molar refractivity (Wildman–Crippen MR) is 109 cm³/mol. The fourth-order valence-corrected chi connectivity index (χ4v) is 3.75. The molecule has 0 aromatic heterocycles. The zero-order valence-corrected chi connectivity index (χ0v) is 17.3. The lowest BCUT2D eigenvalue weighted by Gasteiger charge is -2.39. The number of benzene rings is 2. The van der Waals surface area contributed by atoms with Crippen LogP contribution in [-0.2, 0) is 14.3 Å². The fourth-order valence-electron chi connectivity index (χ4n) is 3.75. The zero-order chi connectivity index (χ0) is 21.8. The third-order valence-corrected chi connectivity index (χ3v) is 5.25. The minimum absolute atomic E-state index is 0.192. The van der Waals surface area contributed by atoms with Crippen molar-refractivity contribution in [2.24, 2.45) is 0 Å². The molecular weight excluding hydrogens is 388 g/mol. The van der Waals surface area contributed by atoms with Crippen LogP contribution in [0, 0.1) is 0 Å². The van der Waals surface area contributed by atoms with Crippen molar-refractivity contribution in [3.8, 4) is 11.5 Å². The first kappa shape index (κ1) is 21.2. The van der Waals surface area contributed by atoms with Crippen LogP contribution in [0.25, 0.3) is 0 Å². The van der Waals surface area contributed by atoms with Crippen LogP contribution in [0.15, 0.2) is 42.5 Å². The van der Waals surface area contributed by atoms with Gasteiger partial charge in [0.2, 0.25) is 5.91 Å². The van der Waals surface area contributed by atoms with E-state index in [1.165, 1.54) is 26.2 Å². The average Bonchev–Trinajstić information content (AvgIpc) is 2.78. The van der Waals surface area contributed by atoms with E-state index in [2.05, 4.69) is 10.1 Å². The van der Waals surface area contributed by atoms with Gasteiger partial charge in [-0.05, 0) is 29.3 Å². The summed E-state index contributed by atoms with van der Waals surface area (Å²) in [6.07, 6.45) is 0. The number of hydrogen-bond donors (Lipinski definition) is 1. The number of amides is 2. The molecule has 0 saturated heterocycles. The molecule has 1 aliphatic rings. The number of hydrogen-bond acceptors (Lipinski definition) is 6. The summed E-state index contributed by atoms with van der Waals surface area (Å²) in [5.74, 6) is -0.831. The van der Waals surface area contributed by atoms with Crippen LogP contribution in [-0.4, -0.2) is 57.6 Å². The Morgan fingerprint density at radius 1 is 1.03 bits per heavy atom. The van der Waals surface area contributed by atoms with Crippen LogP contribution in [0.5, 0.6) is 11.5 Å². The van der Waals surface area contributed by atoms with Crippen molar-refractivity contribution in [1.82, 2.24) is 10.2 Å². The Hall–Kier alpha value is -3.55. The van der Waals surface area contributed by atoms with Gasteiger partial charge in [-0.3, -0.25) is 14.4 Å². The topological polar surface area (TPSA) is 94.2 Å². The van der Waals surface area contributed by atoms with Gasteiger partial charge in [0.05, 0.1) is 33.3 Å². The first-order valence-electron chi connectivity index (χ1n) is 9.35. The third-order valence-electron chi connectivity index (χ3n) is 5.25. The van der Waals surface area contributed by atoms with Crippen molar-refractivity contribution in [3.05, 3.63) is 59.2 Å². The van der Waals surface area contributed by atoms with Gasteiger partial charge in [-0.2, -0.15) is 0 Å². The van der Waals surface area contributed by atoms with E-state index in [0.717, 1.165) is 0 Å². The number of carbonyl (C=O) groups is 3. The second-order valence-corrected chi connectivity index (χ2v) is 6.83. The Morgan fingerprint density at radius 2 is 1.73 bits per heavy atom. The first-order chi connectivity index (χ1) is 14.4. The van der Waals surface area contributed by atoms with Crippen LogP contribution in [0.3, 0.4) is 0 Å². The number of ether oxygens (including phenoxy) is 3. The van der Waals surface area contributed by atoms with E-state index in [4.69, 9.17) is 9.47 Å². The number of nitrogens with one attached hydrogen (secondary N) is 1. The maximum atomic E-state index is 13.2. The summed E-state index contributed by atoms with van der Waals surface area (Å²) in [7, 11) is 5.96. The Bertz CT molecular complexity index is 974. The molecule has 8 nitrogen and oxygen atoms in total. The molecule has 0 fully saturated rings. The molecule has 3 rings (SSSR count). The van der Waals surface area contributed by atoms with Crippen LogP contribution in [0.4, 0.5) is 0 Å². The minimum Gasteiger partial charge on any atom is -0.493 e. The second-order valence-electron chi connectivity index (χ2n) is 6.83. The molecular formula is C22H24N2O6. The Kier molecular flexibility index (Phi) is 6.25. The molecule has 2 amide bonds. The van der Waals surface area contributed by atoms with Gasteiger partial charge in [0.25, 0.3) is 5.91 Å². The number of esters is 1. The van der Waals surface area contributed by atoms with Crippen LogP contribution in [0.2, 0.25) is 0 Å². The lowest BCUT2D eigenvalue weighted by atomic mass is 9.79. The molecule has 1 heterocycles. The molecule has 1 aliphatic heterocycles. The average molecular weight is 412 g/mol. The highest BCUT2D eigenvalue weighted by molar-refractivity contribution is 6.01. The SMILES string of the molecule is COC(=O)CNC(=O)[C@H]1c2ccccc2C(=O)N(C)[C@@H]1c1ccc(OC)c(OC)c1. The maximum Gasteiger partial charge on any atom is 0.325 e.